The molecule has 13 heteroatoms. The molecule has 0 bridgehead atoms. The molecule has 3 atom stereocenters. The number of thiazole rings is 1. The van der Waals surface area contributed by atoms with Crippen LogP contribution in [0.25, 0.3) is 21.9 Å². The van der Waals surface area contributed by atoms with Crippen LogP contribution >= 0.6 is 11.3 Å². The van der Waals surface area contributed by atoms with E-state index in [0.29, 0.717) is 31.0 Å². The van der Waals surface area contributed by atoms with Crippen LogP contribution in [0.3, 0.4) is 0 Å². The minimum atomic E-state index is -3.65. The van der Waals surface area contributed by atoms with E-state index in [-0.39, 0.29) is 30.6 Å². The van der Waals surface area contributed by atoms with E-state index in [9.17, 15) is 13.2 Å². The van der Waals surface area contributed by atoms with Crippen molar-refractivity contribution < 1.29 is 18.3 Å². The SMILES string of the molecule is NC1C=CC=C(c2nc3sccn3c2-c2ccnc(NC3CCCN(S(=O)(=O)C4C=CC(C(=O)O)=CC4)C3)n2)C1. The molecule has 0 radical (unpaired) electrons. The summed E-state index contributed by atoms with van der Waals surface area (Å²) in [5.41, 5.74) is 9.75. The lowest BCUT2D eigenvalue weighted by atomic mass is 9.97. The Morgan fingerprint density at radius 1 is 1.25 bits per heavy atom. The number of fused-ring (bicyclic) bond motifs is 1. The van der Waals surface area contributed by atoms with Gasteiger partial charge in [-0.3, -0.25) is 4.40 Å². The second kappa shape index (κ2) is 10.7. The van der Waals surface area contributed by atoms with Crippen LogP contribution in [0.1, 0.15) is 31.4 Å². The number of nitrogens with two attached hydrogens (primary N) is 1. The van der Waals surface area contributed by atoms with Crippen LogP contribution in [0.4, 0.5) is 5.95 Å². The van der Waals surface area contributed by atoms with E-state index < -0.39 is 21.2 Å². The molecular formula is C27H29N7O4S2. The van der Waals surface area contributed by atoms with Gasteiger partial charge in [0.15, 0.2) is 4.96 Å². The van der Waals surface area contributed by atoms with E-state index in [0.717, 1.165) is 28.3 Å². The number of hydrogen-bond donors (Lipinski definition) is 3. The van der Waals surface area contributed by atoms with Crippen LogP contribution in [0.5, 0.6) is 0 Å². The number of aliphatic carboxylic acids is 1. The lowest BCUT2D eigenvalue weighted by molar-refractivity contribution is -0.132. The molecule has 3 unspecified atom stereocenters. The summed E-state index contributed by atoms with van der Waals surface area (Å²) in [5.74, 6) is -0.645. The number of sulfonamides is 1. The molecule has 3 aliphatic rings. The van der Waals surface area contributed by atoms with Gasteiger partial charge in [-0.15, -0.1) is 11.3 Å². The van der Waals surface area contributed by atoms with Crippen molar-refractivity contribution in [3.05, 3.63) is 71.6 Å². The molecule has 0 spiro atoms. The zero-order chi connectivity index (χ0) is 27.9. The van der Waals surface area contributed by atoms with Crippen molar-refractivity contribution in [3.8, 4) is 11.4 Å². The van der Waals surface area contributed by atoms with E-state index in [1.807, 2.05) is 40.3 Å². The van der Waals surface area contributed by atoms with Crippen molar-refractivity contribution in [2.24, 2.45) is 5.73 Å². The van der Waals surface area contributed by atoms with Crippen LogP contribution in [0.15, 0.2) is 65.9 Å². The zero-order valence-electron chi connectivity index (χ0n) is 21.6. The summed E-state index contributed by atoms with van der Waals surface area (Å²) in [5, 5.41) is 13.7. The molecule has 1 fully saturated rings. The predicted molar refractivity (Wildman–Crippen MR) is 154 cm³/mol. The minimum absolute atomic E-state index is 0.0694. The van der Waals surface area contributed by atoms with E-state index in [1.165, 1.54) is 22.5 Å². The molecule has 0 saturated carbocycles. The number of carboxylic acids is 1. The second-order valence-electron chi connectivity index (χ2n) is 10.1. The first-order valence-electron chi connectivity index (χ1n) is 13.1. The molecule has 1 aliphatic heterocycles. The first-order chi connectivity index (χ1) is 19.3. The number of aromatic nitrogens is 4. The Bertz CT molecular complexity index is 1690. The fraction of sp³-hybridized carbons (Fsp3) is 0.333. The van der Waals surface area contributed by atoms with E-state index in [2.05, 4.69) is 10.3 Å². The van der Waals surface area contributed by atoms with Gasteiger partial charge in [0.25, 0.3) is 0 Å². The molecule has 2 aliphatic carbocycles. The van der Waals surface area contributed by atoms with Gasteiger partial charge in [-0.1, -0.05) is 36.5 Å². The third kappa shape index (κ3) is 5.12. The number of allylic oxidation sites excluding steroid dienone is 3. The fourth-order valence-corrected chi connectivity index (χ4v) is 7.83. The van der Waals surface area contributed by atoms with E-state index in [4.69, 9.17) is 20.8 Å². The number of nitrogens with zero attached hydrogens (tertiary/aromatic N) is 5. The third-order valence-corrected chi connectivity index (χ3v) is 10.3. The minimum Gasteiger partial charge on any atom is -0.478 e. The van der Waals surface area contributed by atoms with Crippen molar-refractivity contribution in [2.75, 3.05) is 18.4 Å². The molecule has 11 nitrogen and oxygen atoms in total. The maximum absolute atomic E-state index is 13.3. The second-order valence-corrected chi connectivity index (χ2v) is 13.1. The first-order valence-corrected chi connectivity index (χ1v) is 15.5. The molecule has 40 heavy (non-hydrogen) atoms. The Balaban J connectivity index is 1.22. The standard InChI is InChI=1S/C27H29N7O4S2/c28-19-4-1-3-18(15-19)23-24(34-13-14-39-27(34)32-23)22-10-11-29-26(31-22)30-20-5-2-12-33(16-20)40(37,38)21-8-6-17(7-9-21)25(35)36/h1,3-4,6-8,10-11,13-14,19-21H,2,5,9,12,15-16,28H2,(H,35,36)(H,29,30,31). The largest absolute Gasteiger partial charge is 0.478 e. The number of nitrogens with one attached hydrogen (secondary N) is 1. The van der Waals surface area contributed by atoms with Crippen molar-refractivity contribution in [1.82, 2.24) is 23.7 Å². The average molecular weight is 580 g/mol. The highest BCUT2D eigenvalue weighted by Crippen LogP contribution is 2.34. The average Bonchev–Trinajstić information content (AvgIpc) is 3.55. The maximum atomic E-state index is 13.3. The highest BCUT2D eigenvalue weighted by molar-refractivity contribution is 7.89. The molecule has 3 aromatic heterocycles. The summed E-state index contributed by atoms with van der Waals surface area (Å²) in [6.45, 7) is 0.696. The summed E-state index contributed by atoms with van der Waals surface area (Å²) in [7, 11) is -3.65. The molecule has 4 heterocycles. The summed E-state index contributed by atoms with van der Waals surface area (Å²) < 4.78 is 30.2. The van der Waals surface area contributed by atoms with E-state index >= 15 is 0 Å². The number of hydrogen-bond acceptors (Lipinski definition) is 9. The Kier molecular flexibility index (Phi) is 7.13. The van der Waals surface area contributed by atoms with Gasteiger partial charge < -0.3 is 16.2 Å². The third-order valence-electron chi connectivity index (χ3n) is 7.34. The van der Waals surface area contributed by atoms with Crippen LogP contribution in [-0.4, -0.2) is 73.6 Å². The van der Waals surface area contributed by atoms with Crippen molar-refractivity contribution in [2.45, 2.75) is 43.0 Å². The van der Waals surface area contributed by atoms with Crippen LogP contribution < -0.4 is 11.1 Å². The van der Waals surface area contributed by atoms with Gasteiger partial charge >= 0.3 is 5.97 Å². The van der Waals surface area contributed by atoms with Gasteiger partial charge in [0.05, 0.1) is 27.9 Å². The van der Waals surface area contributed by atoms with Crippen molar-refractivity contribution in [1.29, 1.82) is 0 Å². The van der Waals surface area contributed by atoms with Crippen molar-refractivity contribution in [3.63, 3.8) is 0 Å². The Hall–Kier alpha value is -3.65. The number of carboxylic acid groups (broad SMARTS) is 1. The van der Waals surface area contributed by atoms with Gasteiger partial charge in [-0.2, -0.15) is 4.31 Å². The smallest absolute Gasteiger partial charge is 0.335 e. The number of piperidine rings is 1. The molecule has 208 valence electrons. The summed E-state index contributed by atoms with van der Waals surface area (Å²) in [6.07, 6.45) is 16.2. The maximum Gasteiger partial charge on any atom is 0.335 e. The molecule has 6 rings (SSSR count). The lowest BCUT2D eigenvalue weighted by Gasteiger charge is -2.34. The monoisotopic (exact) mass is 579 g/mol. The molecule has 0 aromatic carbocycles. The predicted octanol–water partition coefficient (Wildman–Crippen LogP) is 3.07. The number of carbonyl (C=O) groups is 1. The van der Waals surface area contributed by atoms with Gasteiger partial charge in [-0.25, -0.2) is 28.2 Å². The molecule has 3 aromatic rings. The van der Waals surface area contributed by atoms with Crippen LogP contribution in [-0.2, 0) is 14.8 Å². The molecular weight excluding hydrogens is 550 g/mol. The number of anilines is 1. The highest BCUT2D eigenvalue weighted by atomic mass is 32.2. The molecule has 1 saturated heterocycles. The van der Waals surface area contributed by atoms with Crippen LogP contribution in [0, 0.1) is 0 Å². The molecule has 0 amide bonds. The number of rotatable bonds is 7. The Morgan fingerprint density at radius 2 is 2.12 bits per heavy atom. The van der Waals surface area contributed by atoms with Gasteiger partial charge in [0.2, 0.25) is 16.0 Å². The van der Waals surface area contributed by atoms with E-state index in [1.54, 1.807) is 17.5 Å². The first kappa shape index (κ1) is 26.6. The summed E-state index contributed by atoms with van der Waals surface area (Å²) >= 11 is 1.55. The Labute approximate surface area is 235 Å². The lowest BCUT2D eigenvalue weighted by Crippen LogP contribution is -2.48. The molecule has 4 N–H and O–H groups in total. The topological polar surface area (TPSA) is 156 Å². The normalized spacial score (nSPS) is 23.7. The zero-order valence-corrected chi connectivity index (χ0v) is 23.2. The summed E-state index contributed by atoms with van der Waals surface area (Å²) in [4.78, 5) is 26.2. The highest BCUT2D eigenvalue weighted by Gasteiger charge is 2.35. The van der Waals surface area contributed by atoms with Gasteiger partial charge in [-0.05, 0) is 37.3 Å². The summed E-state index contributed by atoms with van der Waals surface area (Å²) in [6, 6.07) is 1.60. The van der Waals surface area contributed by atoms with Crippen molar-refractivity contribution >= 4 is 43.8 Å². The van der Waals surface area contributed by atoms with Gasteiger partial charge in [0.1, 0.15) is 0 Å². The fourth-order valence-electron chi connectivity index (χ4n) is 5.34. The van der Waals surface area contributed by atoms with Gasteiger partial charge in [0, 0.05) is 42.9 Å². The Morgan fingerprint density at radius 3 is 2.90 bits per heavy atom. The quantitative estimate of drug-likeness (QED) is 0.383. The van der Waals surface area contributed by atoms with Crippen LogP contribution in [0.2, 0.25) is 0 Å². The number of imidazole rings is 1.